The Morgan fingerprint density at radius 2 is 1.92 bits per heavy atom. The second-order valence-corrected chi connectivity index (χ2v) is 6.69. The van der Waals surface area contributed by atoms with Crippen LogP contribution in [0.4, 0.5) is 0 Å². The zero-order valence-corrected chi connectivity index (χ0v) is 14.2. The molecule has 0 saturated carbocycles. The molecule has 0 radical (unpaired) electrons. The Kier molecular flexibility index (Phi) is 5.02. The summed E-state index contributed by atoms with van der Waals surface area (Å²) in [4.78, 5) is 27.4. The standard InChI is InChI=1S/C17H14N2O3S2/c18-16(21)12-3-1-11(2-4-12)8-22-15(20)7-14-10-24-17(19-14)13-5-6-23-9-13/h1-6,9-10H,7-8H2,(H2,18,21). The third-order valence-corrected chi connectivity index (χ3v) is 4.91. The van der Waals surface area contributed by atoms with Gasteiger partial charge in [0.25, 0.3) is 0 Å². The molecule has 5 nitrogen and oxygen atoms in total. The molecule has 0 spiro atoms. The van der Waals surface area contributed by atoms with Crippen molar-refractivity contribution in [3.8, 4) is 10.6 Å². The van der Waals surface area contributed by atoms with E-state index in [0.717, 1.165) is 16.1 Å². The van der Waals surface area contributed by atoms with Crippen LogP contribution in [-0.4, -0.2) is 16.9 Å². The van der Waals surface area contributed by atoms with Crippen molar-refractivity contribution in [1.82, 2.24) is 4.98 Å². The topological polar surface area (TPSA) is 82.3 Å². The molecule has 0 aliphatic rings. The lowest BCUT2D eigenvalue weighted by molar-refractivity contribution is -0.144. The number of hydrogen-bond donors (Lipinski definition) is 1. The number of nitrogens with zero attached hydrogens (tertiary/aromatic N) is 1. The molecule has 2 aromatic heterocycles. The van der Waals surface area contributed by atoms with Gasteiger partial charge in [0.15, 0.2) is 0 Å². The number of nitrogens with two attached hydrogens (primary N) is 1. The van der Waals surface area contributed by atoms with Crippen molar-refractivity contribution >= 4 is 34.6 Å². The van der Waals surface area contributed by atoms with Gasteiger partial charge in [-0.3, -0.25) is 9.59 Å². The highest BCUT2D eigenvalue weighted by molar-refractivity contribution is 7.14. The Hall–Kier alpha value is -2.51. The molecule has 1 amide bonds. The summed E-state index contributed by atoms with van der Waals surface area (Å²) in [6.45, 7) is 0.152. The number of thiophene rings is 1. The third kappa shape index (κ3) is 4.06. The molecular formula is C17H14N2O3S2. The first-order chi connectivity index (χ1) is 11.6. The minimum atomic E-state index is -0.483. The van der Waals surface area contributed by atoms with Crippen LogP contribution in [0.25, 0.3) is 10.6 Å². The Labute approximate surface area is 146 Å². The fourth-order valence-electron chi connectivity index (χ4n) is 2.03. The number of amides is 1. The van der Waals surface area contributed by atoms with E-state index in [0.29, 0.717) is 11.3 Å². The molecule has 0 fully saturated rings. The molecule has 7 heteroatoms. The molecular weight excluding hydrogens is 344 g/mol. The average molecular weight is 358 g/mol. The normalized spacial score (nSPS) is 10.5. The second-order valence-electron chi connectivity index (χ2n) is 5.05. The van der Waals surface area contributed by atoms with E-state index in [4.69, 9.17) is 10.5 Å². The number of carbonyl (C=O) groups excluding carboxylic acids is 2. The van der Waals surface area contributed by atoms with Crippen molar-refractivity contribution < 1.29 is 14.3 Å². The van der Waals surface area contributed by atoms with Gasteiger partial charge in [-0.15, -0.1) is 11.3 Å². The first-order valence-electron chi connectivity index (χ1n) is 7.13. The van der Waals surface area contributed by atoms with Gasteiger partial charge in [0.2, 0.25) is 5.91 Å². The first-order valence-corrected chi connectivity index (χ1v) is 8.95. The number of hydrogen-bond acceptors (Lipinski definition) is 6. The number of thiazole rings is 1. The van der Waals surface area contributed by atoms with E-state index >= 15 is 0 Å². The lowest BCUT2D eigenvalue weighted by Gasteiger charge is -2.04. The van der Waals surface area contributed by atoms with Gasteiger partial charge in [0.1, 0.15) is 11.6 Å². The Morgan fingerprint density at radius 1 is 1.12 bits per heavy atom. The van der Waals surface area contributed by atoms with E-state index in [1.54, 1.807) is 35.6 Å². The molecule has 3 rings (SSSR count). The summed E-state index contributed by atoms with van der Waals surface area (Å²) in [6.07, 6.45) is 0.139. The van der Waals surface area contributed by atoms with Gasteiger partial charge >= 0.3 is 5.97 Å². The lowest BCUT2D eigenvalue weighted by Crippen LogP contribution is -2.11. The first kappa shape index (κ1) is 16.4. The fraction of sp³-hybridized carbons (Fsp3) is 0.118. The quantitative estimate of drug-likeness (QED) is 0.686. The maximum absolute atomic E-state index is 11.9. The minimum absolute atomic E-state index is 0.139. The molecule has 1 aromatic carbocycles. The number of esters is 1. The summed E-state index contributed by atoms with van der Waals surface area (Å²) in [7, 11) is 0. The molecule has 0 atom stereocenters. The van der Waals surface area contributed by atoms with Crippen LogP contribution in [-0.2, 0) is 22.6 Å². The number of aromatic nitrogens is 1. The van der Waals surface area contributed by atoms with Crippen LogP contribution in [0.1, 0.15) is 21.6 Å². The highest BCUT2D eigenvalue weighted by atomic mass is 32.1. The minimum Gasteiger partial charge on any atom is -0.461 e. The molecule has 0 aliphatic carbocycles. The van der Waals surface area contributed by atoms with Crippen LogP contribution >= 0.6 is 22.7 Å². The smallest absolute Gasteiger partial charge is 0.312 e. The zero-order valence-electron chi connectivity index (χ0n) is 12.6. The molecule has 0 unspecified atom stereocenters. The molecule has 2 N–H and O–H groups in total. The van der Waals surface area contributed by atoms with Gasteiger partial charge in [0, 0.05) is 21.9 Å². The predicted octanol–water partition coefficient (Wildman–Crippen LogP) is 3.26. The van der Waals surface area contributed by atoms with Crippen molar-refractivity contribution in [2.45, 2.75) is 13.0 Å². The SMILES string of the molecule is NC(=O)c1ccc(COC(=O)Cc2csc(-c3ccsc3)n2)cc1. The van der Waals surface area contributed by atoms with E-state index < -0.39 is 5.91 Å². The molecule has 24 heavy (non-hydrogen) atoms. The number of rotatable bonds is 6. The van der Waals surface area contributed by atoms with Crippen LogP contribution in [0.2, 0.25) is 0 Å². The Morgan fingerprint density at radius 3 is 2.58 bits per heavy atom. The van der Waals surface area contributed by atoms with E-state index in [-0.39, 0.29) is 19.0 Å². The molecule has 3 aromatic rings. The van der Waals surface area contributed by atoms with Crippen molar-refractivity contribution in [3.63, 3.8) is 0 Å². The summed E-state index contributed by atoms with van der Waals surface area (Å²) < 4.78 is 5.24. The molecule has 0 saturated heterocycles. The van der Waals surface area contributed by atoms with Crippen LogP contribution < -0.4 is 5.73 Å². The van der Waals surface area contributed by atoms with Gasteiger partial charge in [-0.25, -0.2) is 4.98 Å². The molecule has 2 heterocycles. The van der Waals surface area contributed by atoms with Gasteiger partial charge in [-0.05, 0) is 29.1 Å². The van der Waals surface area contributed by atoms with Crippen molar-refractivity contribution in [3.05, 3.63) is 63.3 Å². The number of carbonyl (C=O) groups is 2. The lowest BCUT2D eigenvalue weighted by atomic mass is 10.1. The van der Waals surface area contributed by atoms with Gasteiger partial charge in [0.05, 0.1) is 12.1 Å². The Bertz CT molecular complexity index is 839. The van der Waals surface area contributed by atoms with E-state index in [9.17, 15) is 9.59 Å². The average Bonchev–Trinajstić information content (AvgIpc) is 3.24. The monoisotopic (exact) mass is 358 g/mol. The van der Waals surface area contributed by atoms with Gasteiger partial charge < -0.3 is 10.5 Å². The van der Waals surface area contributed by atoms with Crippen LogP contribution in [0.5, 0.6) is 0 Å². The summed E-state index contributed by atoms with van der Waals surface area (Å²) >= 11 is 3.12. The third-order valence-electron chi connectivity index (χ3n) is 3.28. The number of primary amides is 1. The zero-order chi connectivity index (χ0) is 16.9. The van der Waals surface area contributed by atoms with Gasteiger partial charge in [-0.1, -0.05) is 12.1 Å². The molecule has 0 bridgehead atoms. The van der Waals surface area contributed by atoms with Crippen molar-refractivity contribution in [2.75, 3.05) is 0 Å². The Balaban J connectivity index is 1.53. The highest BCUT2D eigenvalue weighted by Crippen LogP contribution is 2.25. The van der Waals surface area contributed by atoms with E-state index in [2.05, 4.69) is 4.98 Å². The number of benzene rings is 1. The van der Waals surface area contributed by atoms with Crippen molar-refractivity contribution in [2.24, 2.45) is 5.73 Å². The van der Waals surface area contributed by atoms with Gasteiger partial charge in [-0.2, -0.15) is 11.3 Å². The maximum Gasteiger partial charge on any atom is 0.312 e. The van der Waals surface area contributed by atoms with Crippen LogP contribution in [0.3, 0.4) is 0 Å². The van der Waals surface area contributed by atoms with Crippen molar-refractivity contribution in [1.29, 1.82) is 0 Å². The summed E-state index contributed by atoms with van der Waals surface area (Å²) in [5, 5.41) is 6.79. The van der Waals surface area contributed by atoms with Crippen LogP contribution in [0, 0.1) is 0 Å². The predicted molar refractivity (Wildman–Crippen MR) is 93.9 cm³/mol. The second kappa shape index (κ2) is 7.37. The summed E-state index contributed by atoms with van der Waals surface area (Å²) in [5.41, 5.74) is 8.17. The molecule has 122 valence electrons. The summed E-state index contributed by atoms with van der Waals surface area (Å²) in [5.74, 6) is -0.820. The maximum atomic E-state index is 11.9. The number of ether oxygens (including phenoxy) is 1. The van der Waals surface area contributed by atoms with E-state index in [1.807, 2.05) is 22.2 Å². The molecule has 0 aliphatic heterocycles. The fourth-order valence-corrected chi connectivity index (χ4v) is 3.57. The highest BCUT2D eigenvalue weighted by Gasteiger charge is 2.11. The largest absolute Gasteiger partial charge is 0.461 e. The van der Waals surface area contributed by atoms with E-state index in [1.165, 1.54) is 11.3 Å². The summed E-state index contributed by atoms with van der Waals surface area (Å²) in [6, 6.07) is 8.65. The van der Waals surface area contributed by atoms with Crippen LogP contribution in [0.15, 0.2) is 46.5 Å².